The van der Waals surface area contributed by atoms with Crippen LogP contribution in [-0.2, 0) is 28.6 Å². The van der Waals surface area contributed by atoms with Crippen LogP contribution in [0.2, 0.25) is 0 Å². The fourth-order valence-corrected chi connectivity index (χ4v) is 10.6. The molecule has 0 heterocycles. The van der Waals surface area contributed by atoms with Crippen LogP contribution in [-0.4, -0.2) is 37.2 Å². The van der Waals surface area contributed by atoms with E-state index in [-0.39, 0.29) is 31.1 Å². The zero-order chi connectivity index (χ0) is 58.5. The molecule has 0 spiro atoms. The molecule has 0 fully saturated rings. The van der Waals surface area contributed by atoms with Crippen molar-refractivity contribution in [3.63, 3.8) is 0 Å². The number of unbranched alkanes of at least 4 members (excludes halogenated alkanes) is 45. The van der Waals surface area contributed by atoms with Crippen LogP contribution in [0, 0.1) is 0 Å². The maximum absolute atomic E-state index is 13.0. The molecule has 472 valence electrons. The van der Waals surface area contributed by atoms with Gasteiger partial charge in [0.15, 0.2) is 6.10 Å². The Morgan fingerprint density at radius 2 is 0.444 bits per heavy atom. The van der Waals surface area contributed by atoms with Gasteiger partial charge in [-0.3, -0.25) is 14.4 Å². The molecule has 0 N–H and O–H groups in total. The van der Waals surface area contributed by atoms with Gasteiger partial charge in [-0.2, -0.15) is 0 Å². The van der Waals surface area contributed by atoms with Crippen molar-refractivity contribution in [3.8, 4) is 0 Å². The quantitative estimate of drug-likeness (QED) is 0.0261. The topological polar surface area (TPSA) is 78.9 Å². The van der Waals surface area contributed by atoms with Gasteiger partial charge in [0.05, 0.1) is 0 Å². The molecular weight excluding hydrogens is 997 g/mol. The molecule has 0 saturated carbocycles. The van der Waals surface area contributed by atoms with Crippen molar-refractivity contribution in [1.82, 2.24) is 0 Å². The van der Waals surface area contributed by atoms with Crippen LogP contribution in [0.3, 0.4) is 0 Å². The zero-order valence-electron chi connectivity index (χ0n) is 54.3. The van der Waals surface area contributed by atoms with Gasteiger partial charge < -0.3 is 14.2 Å². The third-order valence-corrected chi connectivity index (χ3v) is 16.0. The number of esters is 3. The molecule has 0 aromatic carbocycles. The molecule has 0 radical (unpaired) electrons. The van der Waals surface area contributed by atoms with Gasteiger partial charge >= 0.3 is 17.9 Å². The van der Waals surface area contributed by atoms with E-state index in [4.69, 9.17) is 14.2 Å². The summed E-state index contributed by atoms with van der Waals surface area (Å²) in [6, 6.07) is 0. The number of hydrogen-bond acceptors (Lipinski definition) is 6. The molecule has 0 rings (SSSR count). The third kappa shape index (κ3) is 67.8. The smallest absolute Gasteiger partial charge is 0.306 e. The standard InChI is InChI=1S/C75H136O6/c1-4-7-10-13-16-19-22-25-28-31-34-36-37-39-41-44-47-50-53-56-59-62-65-68-74(77)80-71-72(70-79-73(76)67-64-61-58-55-52-49-46-43-40-33-30-27-24-21-18-15-12-9-6-3)81-75(78)69-66-63-60-57-54-51-48-45-42-38-35-32-29-26-23-20-17-14-11-8-5-2/h23,26-27,30-32,34-35,42,45,72H,4-22,24-25,28-29,33,36-41,43-44,46-71H2,1-3H3/b26-23-,30-27-,34-31-,35-32-,45-42-. The summed E-state index contributed by atoms with van der Waals surface area (Å²) in [7, 11) is 0. The van der Waals surface area contributed by atoms with E-state index < -0.39 is 6.10 Å². The first-order valence-electron chi connectivity index (χ1n) is 35.8. The second-order valence-corrected chi connectivity index (χ2v) is 24.1. The molecule has 1 atom stereocenters. The molecule has 6 nitrogen and oxygen atoms in total. The normalized spacial score (nSPS) is 12.4. The van der Waals surface area contributed by atoms with Gasteiger partial charge in [-0.1, -0.05) is 313 Å². The van der Waals surface area contributed by atoms with Gasteiger partial charge in [-0.25, -0.2) is 0 Å². The van der Waals surface area contributed by atoms with Crippen LogP contribution >= 0.6 is 0 Å². The van der Waals surface area contributed by atoms with Gasteiger partial charge in [0, 0.05) is 19.3 Å². The summed E-state index contributed by atoms with van der Waals surface area (Å²) in [5.74, 6) is -0.870. The molecule has 0 aromatic heterocycles. The van der Waals surface area contributed by atoms with Crippen LogP contribution < -0.4 is 0 Å². The van der Waals surface area contributed by atoms with Crippen molar-refractivity contribution in [3.05, 3.63) is 60.8 Å². The van der Waals surface area contributed by atoms with Crippen molar-refractivity contribution in [2.45, 2.75) is 386 Å². The van der Waals surface area contributed by atoms with Crippen molar-refractivity contribution >= 4 is 17.9 Å². The molecule has 0 aliphatic heterocycles. The lowest BCUT2D eigenvalue weighted by atomic mass is 10.0. The van der Waals surface area contributed by atoms with Crippen LogP contribution in [0.25, 0.3) is 0 Å². The molecule has 0 aliphatic carbocycles. The van der Waals surface area contributed by atoms with E-state index in [2.05, 4.69) is 81.5 Å². The lowest BCUT2D eigenvalue weighted by Crippen LogP contribution is -2.30. The number of carbonyl (C=O) groups excluding carboxylic acids is 3. The maximum atomic E-state index is 13.0. The molecule has 0 bridgehead atoms. The predicted molar refractivity (Wildman–Crippen MR) is 353 cm³/mol. The Morgan fingerprint density at radius 1 is 0.247 bits per heavy atom. The molecule has 1 unspecified atom stereocenters. The Labute approximate surface area is 504 Å². The van der Waals surface area contributed by atoms with E-state index in [0.29, 0.717) is 19.3 Å². The Morgan fingerprint density at radius 3 is 0.704 bits per heavy atom. The first kappa shape index (κ1) is 78.1. The Balaban J connectivity index is 4.37. The molecule has 6 heteroatoms. The lowest BCUT2D eigenvalue weighted by Gasteiger charge is -2.18. The van der Waals surface area contributed by atoms with Crippen LogP contribution in [0.5, 0.6) is 0 Å². The highest BCUT2D eigenvalue weighted by Crippen LogP contribution is 2.17. The second-order valence-electron chi connectivity index (χ2n) is 24.1. The lowest BCUT2D eigenvalue weighted by molar-refractivity contribution is -0.167. The minimum atomic E-state index is -0.784. The number of rotatable bonds is 66. The summed E-state index contributed by atoms with van der Waals surface area (Å²) in [5, 5.41) is 0. The summed E-state index contributed by atoms with van der Waals surface area (Å²) >= 11 is 0. The van der Waals surface area contributed by atoms with Gasteiger partial charge in [0.1, 0.15) is 13.2 Å². The highest BCUT2D eigenvalue weighted by atomic mass is 16.6. The Hall–Kier alpha value is -2.89. The molecular formula is C75H136O6. The van der Waals surface area contributed by atoms with E-state index in [1.807, 2.05) is 0 Å². The largest absolute Gasteiger partial charge is 0.462 e. The minimum absolute atomic E-state index is 0.0781. The maximum Gasteiger partial charge on any atom is 0.306 e. The molecule has 81 heavy (non-hydrogen) atoms. The first-order chi connectivity index (χ1) is 40.0. The Bertz CT molecular complexity index is 1440. The second kappa shape index (κ2) is 69.6. The highest BCUT2D eigenvalue weighted by molar-refractivity contribution is 5.71. The SMILES string of the molecule is CCCCCCC/C=C\C/C=C\C/C=C\CCCCCCCCC(=O)OC(COC(=O)CCCCCCCCCCC/C=C\CCCCCCCC)COC(=O)CCCCCCCCCCCCC/C=C\CCCCCCCCCC. The van der Waals surface area contributed by atoms with E-state index in [1.54, 1.807) is 0 Å². The summed E-state index contributed by atoms with van der Waals surface area (Å²) in [6.45, 7) is 6.67. The summed E-state index contributed by atoms with van der Waals surface area (Å²) < 4.78 is 17.0. The van der Waals surface area contributed by atoms with Crippen molar-refractivity contribution in [2.75, 3.05) is 13.2 Å². The number of allylic oxidation sites excluding steroid dienone is 10. The molecule has 0 aliphatic rings. The van der Waals surface area contributed by atoms with E-state index in [1.165, 1.54) is 257 Å². The molecule has 0 saturated heterocycles. The van der Waals surface area contributed by atoms with E-state index in [9.17, 15) is 14.4 Å². The van der Waals surface area contributed by atoms with Crippen molar-refractivity contribution in [2.24, 2.45) is 0 Å². The minimum Gasteiger partial charge on any atom is -0.462 e. The van der Waals surface area contributed by atoms with E-state index in [0.717, 1.165) is 83.5 Å². The summed E-state index contributed by atoms with van der Waals surface area (Å²) in [6.07, 6.45) is 89.5. The van der Waals surface area contributed by atoms with Gasteiger partial charge in [0.2, 0.25) is 0 Å². The van der Waals surface area contributed by atoms with Crippen molar-refractivity contribution < 1.29 is 28.6 Å². The van der Waals surface area contributed by atoms with Gasteiger partial charge in [-0.15, -0.1) is 0 Å². The fraction of sp³-hybridized carbons (Fsp3) is 0.827. The summed E-state index contributed by atoms with van der Waals surface area (Å²) in [4.78, 5) is 38.5. The van der Waals surface area contributed by atoms with Crippen LogP contribution in [0.15, 0.2) is 60.8 Å². The fourth-order valence-electron chi connectivity index (χ4n) is 10.6. The number of carbonyl (C=O) groups is 3. The van der Waals surface area contributed by atoms with Gasteiger partial charge in [0.25, 0.3) is 0 Å². The van der Waals surface area contributed by atoms with E-state index >= 15 is 0 Å². The predicted octanol–water partition coefficient (Wildman–Crippen LogP) is 24.7. The molecule has 0 amide bonds. The number of ether oxygens (including phenoxy) is 3. The average Bonchev–Trinajstić information content (AvgIpc) is 3.47. The first-order valence-corrected chi connectivity index (χ1v) is 35.8. The monoisotopic (exact) mass is 1130 g/mol. The average molecular weight is 1130 g/mol. The third-order valence-electron chi connectivity index (χ3n) is 16.0. The summed E-state index contributed by atoms with van der Waals surface area (Å²) in [5.41, 5.74) is 0. The Kier molecular flexibility index (Phi) is 67.1. The number of hydrogen-bond donors (Lipinski definition) is 0. The van der Waals surface area contributed by atoms with Gasteiger partial charge in [-0.05, 0) is 109 Å². The van der Waals surface area contributed by atoms with Crippen LogP contribution in [0.1, 0.15) is 380 Å². The highest BCUT2D eigenvalue weighted by Gasteiger charge is 2.19. The zero-order valence-corrected chi connectivity index (χ0v) is 54.3. The van der Waals surface area contributed by atoms with Crippen LogP contribution in [0.4, 0.5) is 0 Å². The molecule has 0 aromatic rings. The van der Waals surface area contributed by atoms with Crippen molar-refractivity contribution in [1.29, 1.82) is 0 Å².